The summed E-state index contributed by atoms with van der Waals surface area (Å²) >= 11 is 0. The highest BCUT2D eigenvalue weighted by Gasteiger charge is 2.31. The molecule has 0 saturated heterocycles. The van der Waals surface area contributed by atoms with Crippen molar-refractivity contribution in [2.45, 2.75) is 5.41 Å². The molecule has 0 aliphatic carbocycles. The number of allylic oxidation sites excluding steroid dienone is 2. The van der Waals surface area contributed by atoms with Crippen LogP contribution < -0.4 is 0 Å². The second-order valence-electron chi connectivity index (χ2n) is 6.27. The molecule has 0 fully saturated rings. The molecule has 25 heavy (non-hydrogen) atoms. The number of likely N-dealkylation sites (N-methyl/N-ethyl adjacent to an activating group) is 1. The van der Waals surface area contributed by atoms with Crippen molar-refractivity contribution in [3.05, 3.63) is 96.3 Å². The Kier molecular flexibility index (Phi) is 6.18. The van der Waals surface area contributed by atoms with Crippen molar-refractivity contribution >= 4 is 18.3 Å². The maximum atomic E-state index is 12.3. The molecule has 1 amide bonds. The first kappa shape index (κ1) is 19.0. The van der Waals surface area contributed by atoms with E-state index in [4.69, 9.17) is 0 Å². The number of hydrogen-bond acceptors (Lipinski definition) is 2. The molecule has 0 N–H and O–H groups in total. The summed E-state index contributed by atoms with van der Waals surface area (Å²) in [6.45, 7) is 0.387. The number of amides is 1. The first-order chi connectivity index (χ1) is 11.6. The minimum absolute atomic E-state index is 0. The standard InChI is InChI=1S/C21H22N2O.ClH/c1-22(2)17-20(24)23-15-13-21(14-16-23,18-9-5-3-6-10-18)19-11-7-4-8-12-19;/h3-16H,17H2,1-2H3;1H. The van der Waals surface area contributed by atoms with Crippen molar-refractivity contribution < 1.29 is 4.79 Å². The van der Waals surface area contributed by atoms with E-state index in [9.17, 15) is 4.79 Å². The molecule has 0 atom stereocenters. The average molecular weight is 355 g/mol. The predicted octanol–water partition coefficient (Wildman–Crippen LogP) is 3.83. The van der Waals surface area contributed by atoms with Gasteiger partial charge in [0.15, 0.2) is 0 Å². The van der Waals surface area contributed by atoms with Gasteiger partial charge in [-0.1, -0.05) is 60.7 Å². The zero-order chi connectivity index (χ0) is 17.0. The second kappa shape index (κ2) is 8.15. The highest BCUT2D eigenvalue weighted by Crippen LogP contribution is 2.37. The molecular weight excluding hydrogens is 332 g/mol. The monoisotopic (exact) mass is 354 g/mol. The lowest BCUT2D eigenvalue weighted by Crippen LogP contribution is -2.35. The van der Waals surface area contributed by atoms with Crippen molar-refractivity contribution in [3.63, 3.8) is 0 Å². The second-order valence-corrected chi connectivity index (χ2v) is 6.27. The summed E-state index contributed by atoms with van der Waals surface area (Å²) < 4.78 is 0. The van der Waals surface area contributed by atoms with Crippen molar-refractivity contribution in [2.24, 2.45) is 0 Å². The molecule has 0 bridgehead atoms. The van der Waals surface area contributed by atoms with Crippen LogP contribution in [0.25, 0.3) is 0 Å². The molecule has 2 aromatic carbocycles. The van der Waals surface area contributed by atoms with Crippen LogP contribution in [0, 0.1) is 0 Å². The Hall–Kier alpha value is -2.36. The van der Waals surface area contributed by atoms with E-state index in [1.807, 2.05) is 67.8 Å². The Morgan fingerprint density at radius 3 is 1.72 bits per heavy atom. The maximum absolute atomic E-state index is 12.3. The van der Waals surface area contributed by atoms with Crippen LogP contribution in [0.15, 0.2) is 85.2 Å². The van der Waals surface area contributed by atoms with Crippen LogP contribution in [0.4, 0.5) is 0 Å². The summed E-state index contributed by atoms with van der Waals surface area (Å²) in [6, 6.07) is 20.7. The summed E-state index contributed by atoms with van der Waals surface area (Å²) in [4.78, 5) is 15.8. The van der Waals surface area contributed by atoms with E-state index in [2.05, 4.69) is 36.4 Å². The van der Waals surface area contributed by atoms with Crippen LogP contribution in [-0.4, -0.2) is 36.3 Å². The number of carbonyl (C=O) groups is 1. The maximum Gasteiger partial charge on any atom is 0.244 e. The topological polar surface area (TPSA) is 23.6 Å². The van der Waals surface area contributed by atoms with Gasteiger partial charge in [-0.05, 0) is 37.4 Å². The fourth-order valence-electron chi connectivity index (χ4n) is 3.00. The summed E-state index contributed by atoms with van der Waals surface area (Å²) in [5, 5.41) is 0. The Labute approximate surface area is 155 Å². The molecule has 0 spiro atoms. The SMILES string of the molecule is CN(C)CC(=O)N1C=CC(c2ccccc2)(c2ccccc2)C=C1.Cl. The molecule has 1 aliphatic rings. The Balaban J connectivity index is 0.00000225. The molecular formula is C21H23ClN2O. The number of nitrogens with zero attached hydrogens (tertiary/aromatic N) is 2. The van der Waals surface area contributed by atoms with Crippen LogP contribution >= 0.6 is 12.4 Å². The van der Waals surface area contributed by atoms with Gasteiger partial charge < -0.3 is 4.90 Å². The smallest absolute Gasteiger partial charge is 0.244 e. The van der Waals surface area contributed by atoms with Gasteiger partial charge in [0, 0.05) is 12.4 Å². The van der Waals surface area contributed by atoms with Gasteiger partial charge in [-0.25, -0.2) is 0 Å². The molecule has 2 aromatic rings. The zero-order valence-corrected chi connectivity index (χ0v) is 15.3. The van der Waals surface area contributed by atoms with E-state index in [1.54, 1.807) is 4.90 Å². The fraction of sp³-hybridized carbons (Fsp3) is 0.190. The van der Waals surface area contributed by atoms with Gasteiger partial charge in [-0.2, -0.15) is 0 Å². The van der Waals surface area contributed by atoms with Gasteiger partial charge in [0.25, 0.3) is 0 Å². The van der Waals surface area contributed by atoms with Gasteiger partial charge >= 0.3 is 0 Å². The minimum Gasteiger partial charge on any atom is -0.301 e. The molecule has 1 heterocycles. The lowest BCUT2D eigenvalue weighted by atomic mass is 9.73. The predicted molar refractivity (Wildman–Crippen MR) is 105 cm³/mol. The normalized spacial score (nSPS) is 15.1. The van der Waals surface area contributed by atoms with Gasteiger partial charge in [-0.15, -0.1) is 12.4 Å². The fourth-order valence-corrected chi connectivity index (χ4v) is 3.00. The van der Waals surface area contributed by atoms with Gasteiger partial charge in [0.2, 0.25) is 5.91 Å². The molecule has 0 saturated carbocycles. The summed E-state index contributed by atoms with van der Waals surface area (Å²) in [6.07, 6.45) is 7.97. The lowest BCUT2D eigenvalue weighted by molar-refractivity contribution is -0.127. The van der Waals surface area contributed by atoms with E-state index in [-0.39, 0.29) is 23.7 Å². The third-order valence-corrected chi connectivity index (χ3v) is 4.24. The molecule has 0 aromatic heterocycles. The highest BCUT2D eigenvalue weighted by atomic mass is 35.5. The van der Waals surface area contributed by atoms with E-state index >= 15 is 0 Å². The van der Waals surface area contributed by atoms with E-state index in [1.165, 1.54) is 11.1 Å². The molecule has 3 nitrogen and oxygen atoms in total. The van der Waals surface area contributed by atoms with Crippen LogP contribution in [-0.2, 0) is 10.2 Å². The molecule has 4 heteroatoms. The quantitative estimate of drug-likeness (QED) is 0.833. The van der Waals surface area contributed by atoms with Gasteiger partial charge in [0.1, 0.15) is 0 Å². The number of carbonyl (C=O) groups excluding carboxylic acids is 1. The third kappa shape index (κ3) is 4.01. The van der Waals surface area contributed by atoms with Crippen molar-refractivity contribution in [1.29, 1.82) is 0 Å². The summed E-state index contributed by atoms with van der Waals surface area (Å²) in [7, 11) is 3.79. The first-order valence-electron chi connectivity index (χ1n) is 8.07. The third-order valence-electron chi connectivity index (χ3n) is 4.24. The van der Waals surface area contributed by atoms with Crippen molar-refractivity contribution in [2.75, 3.05) is 20.6 Å². The van der Waals surface area contributed by atoms with Crippen molar-refractivity contribution in [3.8, 4) is 0 Å². The van der Waals surface area contributed by atoms with Gasteiger partial charge in [0.05, 0.1) is 12.0 Å². The lowest BCUT2D eigenvalue weighted by Gasteiger charge is -2.33. The molecule has 1 aliphatic heterocycles. The Morgan fingerprint density at radius 1 is 0.880 bits per heavy atom. The highest BCUT2D eigenvalue weighted by molar-refractivity contribution is 5.85. The van der Waals surface area contributed by atoms with Crippen LogP contribution in [0.2, 0.25) is 0 Å². The summed E-state index contributed by atoms with van der Waals surface area (Å²) in [5.74, 6) is 0.0576. The largest absolute Gasteiger partial charge is 0.301 e. The number of hydrogen-bond donors (Lipinski definition) is 0. The molecule has 0 unspecified atom stereocenters. The van der Waals surface area contributed by atoms with Crippen molar-refractivity contribution in [1.82, 2.24) is 9.80 Å². The van der Waals surface area contributed by atoms with E-state index in [0.717, 1.165) is 0 Å². The first-order valence-corrected chi connectivity index (χ1v) is 8.07. The molecule has 0 radical (unpaired) electrons. The van der Waals surface area contributed by atoms with E-state index < -0.39 is 0 Å². The average Bonchev–Trinajstić information content (AvgIpc) is 2.63. The molecule has 3 rings (SSSR count). The zero-order valence-electron chi connectivity index (χ0n) is 14.5. The summed E-state index contributed by atoms with van der Waals surface area (Å²) in [5.41, 5.74) is 2.02. The Bertz CT molecular complexity index is 698. The molecule has 130 valence electrons. The number of rotatable bonds is 4. The minimum atomic E-state index is -0.350. The van der Waals surface area contributed by atoms with E-state index in [0.29, 0.717) is 6.54 Å². The van der Waals surface area contributed by atoms with Crippen LogP contribution in [0.3, 0.4) is 0 Å². The van der Waals surface area contributed by atoms with Gasteiger partial charge in [-0.3, -0.25) is 9.69 Å². The van der Waals surface area contributed by atoms with Crippen LogP contribution in [0.1, 0.15) is 11.1 Å². The van der Waals surface area contributed by atoms with Crippen LogP contribution in [0.5, 0.6) is 0 Å². The Morgan fingerprint density at radius 2 is 1.32 bits per heavy atom. The number of benzene rings is 2. The number of halogens is 1.